The summed E-state index contributed by atoms with van der Waals surface area (Å²) in [7, 11) is 0. The van der Waals surface area contributed by atoms with Gasteiger partial charge in [-0.05, 0) is 11.5 Å². The molecular formula is C9H13N3. The second kappa shape index (κ2) is 5.14. The number of rotatable bonds is 3. The first kappa shape index (κ1) is 10.4. The molecule has 0 radical (unpaired) electrons. The maximum Gasteiger partial charge on any atom is 0.155 e. The van der Waals surface area contributed by atoms with Crippen molar-refractivity contribution < 1.29 is 0 Å². The van der Waals surface area contributed by atoms with Crippen LogP contribution in [0.2, 0.25) is 0 Å². The molecule has 3 nitrogen and oxygen atoms in total. The predicted molar refractivity (Wildman–Crippen MR) is 50.4 cm³/mol. The summed E-state index contributed by atoms with van der Waals surface area (Å²) in [4.78, 5) is 3.83. The lowest BCUT2D eigenvalue weighted by Gasteiger charge is -2.00. The molecule has 0 aliphatic carbocycles. The van der Waals surface area contributed by atoms with Crippen molar-refractivity contribution in [1.29, 1.82) is 5.26 Å². The molecule has 0 spiro atoms. The minimum Gasteiger partial charge on any atom is -0.402 e. The Morgan fingerprint density at radius 3 is 2.58 bits per heavy atom. The molecule has 0 fully saturated rings. The largest absolute Gasteiger partial charge is 0.402 e. The standard InChI is InChI=1S/C9H13N3/c1-7(2)8(3)6-12-9(4-10)5-11/h4,6-7H,3,10H2,1-2H3/b9-4-,12-6-. The summed E-state index contributed by atoms with van der Waals surface area (Å²) in [6.07, 6.45) is 2.73. The molecule has 0 unspecified atom stereocenters. The average Bonchev–Trinajstić information content (AvgIpc) is 2.05. The number of nitrogens with two attached hydrogens (primary N) is 1. The van der Waals surface area contributed by atoms with E-state index in [1.165, 1.54) is 6.20 Å². The van der Waals surface area contributed by atoms with E-state index < -0.39 is 0 Å². The fourth-order valence-electron chi connectivity index (χ4n) is 0.411. The van der Waals surface area contributed by atoms with Crippen LogP contribution in [-0.4, -0.2) is 6.21 Å². The summed E-state index contributed by atoms with van der Waals surface area (Å²) < 4.78 is 0. The number of aliphatic imine (C=N–C) groups is 1. The van der Waals surface area contributed by atoms with E-state index in [2.05, 4.69) is 11.6 Å². The van der Waals surface area contributed by atoms with Gasteiger partial charge < -0.3 is 5.73 Å². The van der Waals surface area contributed by atoms with Crippen molar-refractivity contribution in [2.45, 2.75) is 13.8 Å². The van der Waals surface area contributed by atoms with Crippen LogP contribution in [0.25, 0.3) is 0 Å². The van der Waals surface area contributed by atoms with Gasteiger partial charge in [0.2, 0.25) is 0 Å². The lowest BCUT2D eigenvalue weighted by atomic mass is 10.1. The summed E-state index contributed by atoms with van der Waals surface area (Å²) >= 11 is 0. The van der Waals surface area contributed by atoms with Crippen LogP contribution < -0.4 is 5.73 Å². The third kappa shape index (κ3) is 3.57. The molecular weight excluding hydrogens is 150 g/mol. The Labute approximate surface area is 72.9 Å². The number of allylic oxidation sites excluding steroid dienone is 2. The van der Waals surface area contributed by atoms with Crippen molar-refractivity contribution in [2.24, 2.45) is 16.6 Å². The highest BCUT2D eigenvalue weighted by Crippen LogP contribution is 2.04. The van der Waals surface area contributed by atoms with Crippen LogP contribution in [0.4, 0.5) is 0 Å². The Kier molecular flexibility index (Phi) is 4.47. The van der Waals surface area contributed by atoms with Gasteiger partial charge in [0.15, 0.2) is 5.70 Å². The van der Waals surface area contributed by atoms with Crippen LogP contribution in [0.3, 0.4) is 0 Å². The first-order valence-corrected chi connectivity index (χ1v) is 3.66. The van der Waals surface area contributed by atoms with Gasteiger partial charge in [0.05, 0.1) is 0 Å². The Hall–Kier alpha value is -1.56. The maximum absolute atomic E-state index is 8.44. The van der Waals surface area contributed by atoms with Crippen molar-refractivity contribution >= 4 is 6.21 Å². The zero-order valence-corrected chi connectivity index (χ0v) is 7.41. The Morgan fingerprint density at radius 2 is 2.25 bits per heavy atom. The normalized spacial score (nSPS) is 12.0. The van der Waals surface area contributed by atoms with Gasteiger partial charge in [-0.25, -0.2) is 4.99 Å². The van der Waals surface area contributed by atoms with Crippen molar-refractivity contribution in [3.05, 3.63) is 24.0 Å². The van der Waals surface area contributed by atoms with Crippen LogP contribution in [0.1, 0.15) is 13.8 Å². The highest BCUT2D eigenvalue weighted by atomic mass is 14.7. The van der Waals surface area contributed by atoms with Gasteiger partial charge in [-0.15, -0.1) is 0 Å². The van der Waals surface area contributed by atoms with Crippen molar-refractivity contribution in [3.63, 3.8) is 0 Å². The molecule has 0 heterocycles. The van der Waals surface area contributed by atoms with E-state index in [0.717, 1.165) is 5.57 Å². The SMILES string of the molecule is C=C(/C=N\C(C#N)=C/N)C(C)C. The van der Waals surface area contributed by atoms with E-state index in [-0.39, 0.29) is 5.70 Å². The van der Waals surface area contributed by atoms with E-state index in [1.54, 1.807) is 6.21 Å². The highest BCUT2D eigenvalue weighted by molar-refractivity contribution is 5.79. The molecule has 0 aromatic heterocycles. The maximum atomic E-state index is 8.44. The number of hydrogen-bond donors (Lipinski definition) is 1. The Bertz CT molecular complexity index is 253. The van der Waals surface area contributed by atoms with Crippen LogP contribution in [0, 0.1) is 17.2 Å². The molecule has 0 rings (SSSR count). The molecule has 64 valence electrons. The quantitative estimate of drug-likeness (QED) is 0.507. The molecule has 0 saturated heterocycles. The number of nitriles is 1. The molecule has 12 heavy (non-hydrogen) atoms. The van der Waals surface area contributed by atoms with E-state index in [0.29, 0.717) is 5.92 Å². The summed E-state index contributed by atoms with van der Waals surface area (Å²) in [6.45, 7) is 7.78. The monoisotopic (exact) mass is 163 g/mol. The molecule has 0 bridgehead atoms. The minimum absolute atomic E-state index is 0.205. The smallest absolute Gasteiger partial charge is 0.155 e. The lowest BCUT2D eigenvalue weighted by molar-refractivity contribution is 0.810. The molecule has 0 aromatic carbocycles. The van der Waals surface area contributed by atoms with Gasteiger partial charge in [-0.2, -0.15) is 5.26 Å². The van der Waals surface area contributed by atoms with Crippen molar-refractivity contribution in [2.75, 3.05) is 0 Å². The summed E-state index contributed by atoms with van der Waals surface area (Å²) in [5, 5.41) is 8.44. The summed E-state index contributed by atoms with van der Waals surface area (Å²) in [6, 6.07) is 1.84. The highest BCUT2D eigenvalue weighted by Gasteiger charge is 1.95. The van der Waals surface area contributed by atoms with E-state index in [1.807, 2.05) is 19.9 Å². The zero-order valence-electron chi connectivity index (χ0n) is 7.41. The zero-order chi connectivity index (χ0) is 9.56. The Balaban J connectivity index is 4.27. The number of hydrogen-bond acceptors (Lipinski definition) is 3. The van der Waals surface area contributed by atoms with E-state index in [9.17, 15) is 0 Å². The van der Waals surface area contributed by atoms with Crippen LogP contribution in [0.15, 0.2) is 29.0 Å². The summed E-state index contributed by atoms with van der Waals surface area (Å²) in [5.74, 6) is 0.339. The fourth-order valence-corrected chi connectivity index (χ4v) is 0.411. The minimum atomic E-state index is 0.205. The predicted octanol–water partition coefficient (Wildman–Crippen LogP) is 1.59. The van der Waals surface area contributed by atoms with E-state index in [4.69, 9.17) is 11.0 Å². The van der Waals surface area contributed by atoms with Crippen molar-refractivity contribution in [3.8, 4) is 6.07 Å². The van der Waals surface area contributed by atoms with Crippen molar-refractivity contribution in [1.82, 2.24) is 0 Å². The van der Waals surface area contributed by atoms with Gasteiger partial charge in [0.1, 0.15) is 6.07 Å². The lowest BCUT2D eigenvalue weighted by Crippen LogP contribution is -1.93. The summed E-state index contributed by atoms with van der Waals surface area (Å²) in [5.41, 5.74) is 6.20. The third-order valence-electron chi connectivity index (χ3n) is 1.38. The average molecular weight is 163 g/mol. The van der Waals surface area contributed by atoms with Gasteiger partial charge in [-0.1, -0.05) is 20.4 Å². The van der Waals surface area contributed by atoms with E-state index >= 15 is 0 Å². The van der Waals surface area contributed by atoms with Gasteiger partial charge >= 0.3 is 0 Å². The molecule has 0 amide bonds. The van der Waals surface area contributed by atoms with Crippen LogP contribution >= 0.6 is 0 Å². The molecule has 0 aromatic rings. The molecule has 2 N–H and O–H groups in total. The van der Waals surface area contributed by atoms with Gasteiger partial charge in [0, 0.05) is 12.4 Å². The van der Waals surface area contributed by atoms with Crippen LogP contribution in [0.5, 0.6) is 0 Å². The third-order valence-corrected chi connectivity index (χ3v) is 1.38. The molecule has 0 saturated carbocycles. The van der Waals surface area contributed by atoms with Gasteiger partial charge in [-0.3, -0.25) is 0 Å². The first-order valence-electron chi connectivity index (χ1n) is 3.66. The second-order valence-corrected chi connectivity index (χ2v) is 2.65. The second-order valence-electron chi connectivity index (χ2n) is 2.65. The van der Waals surface area contributed by atoms with Crippen LogP contribution in [-0.2, 0) is 0 Å². The molecule has 0 aliphatic heterocycles. The number of nitrogens with zero attached hydrogens (tertiary/aromatic N) is 2. The first-order chi connectivity index (χ1) is 5.61. The molecule has 0 aliphatic rings. The Morgan fingerprint density at radius 1 is 1.67 bits per heavy atom. The molecule has 0 atom stereocenters. The van der Waals surface area contributed by atoms with Gasteiger partial charge in [0.25, 0.3) is 0 Å². The topological polar surface area (TPSA) is 62.2 Å². The molecule has 3 heteroatoms. The fraction of sp³-hybridized carbons (Fsp3) is 0.333.